The number of fused-ring (bicyclic) bond motifs is 1. The van der Waals surface area contributed by atoms with Gasteiger partial charge in [-0.25, -0.2) is 0 Å². The molecule has 104 valence electrons. The van der Waals surface area contributed by atoms with Crippen molar-refractivity contribution >= 4 is 11.8 Å². The van der Waals surface area contributed by atoms with E-state index >= 15 is 0 Å². The normalized spacial score (nSPS) is 32.0. The minimum Gasteiger partial charge on any atom is -0.329 e. The summed E-state index contributed by atoms with van der Waals surface area (Å²) in [5.41, 5.74) is 9.49. The van der Waals surface area contributed by atoms with E-state index in [1.54, 1.807) is 0 Å². The molecule has 2 nitrogen and oxygen atoms in total. The molecule has 2 unspecified atom stereocenters. The average molecular weight is 276 g/mol. The molecule has 0 radical (unpaired) electrons. The number of benzene rings is 1. The Hall–Kier alpha value is -0.510. The van der Waals surface area contributed by atoms with Crippen molar-refractivity contribution in [3.63, 3.8) is 0 Å². The predicted octanol–water partition coefficient (Wildman–Crippen LogP) is 2.31. The lowest BCUT2D eigenvalue weighted by Gasteiger charge is -2.39. The Morgan fingerprint density at radius 3 is 2.37 bits per heavy atom. The van der Waals surface area contributed by atoms with Gasteiger partial charge in [-0.05, 0) is 30.4 Å². The van der Waals surface area contributed by atoms with Crippen molar-refractivity contribution in [2.45, 2.75) is 37.0 Å². The van der Waals surface area contributed by atoms with Gasteiger partial charge in [0.05, 0.1) is 0 Å². The van der Waals surface area contributed by atoms with E-state index in [0.29, 0.717) is 0 Å². The van der Waals surface area contributed by atoms with Crippen molar-refractivity contribution in [3.8, 4) is 0 Å². The second kappa shape index (κ2) is 5.47. The Labute approximate surface area is 120 Å². The van der Waals surface area contributed by atoms with Crippen molar-refractivity contribution < 1.29 is 0 Å². The van der Waals surface area contributed by atoms with Crippen molar-refractivity contribution in [1.29, 1.82) is 0 Å². The van der Waals surface area contributed by atoms with Gasteiger partial charge in [-0.3, -0.25) is 4.90 Å². The van der Waals surface area contributed by atoms with Crippen molar-refractivity contribution in [1.82, 2.24) is 4.90 Å². The quantitative estimate of drug-likeness (QED) is 0.899. The first-order valence-corrected chi connectivity index (χ1v) is 8.42. The molecule has 1 aromatic carbocycles. The van der Waals surface area contributed by atoms with Crippen molar-refractivity contribution in [2.24, 2.45) is 5.73 Å². The third kappa shape index (κ3) is 2.56. The SMILES string of the molecule is CC1CC(CN)(N2CCc3ccccc3CC2)CS1. The van der Waals surface area contributed by atoms with E-state index in [9.17, 15) is 0 Å². The zero-order valence-corrected chi connectivity index (χ0v) is 12.6. The number of hydrogen-bond donors (Lipinski definition) is 1. The lowest BCUT2D eigenvalue weighted by Crippen LogP contribution is -2.55. The summed E-state index contributed by atoms with van der Waals surface area (Å²) >= 11 is 2.09. The highest BCUT2D eigenvalue weighted by Gasteiger charge is 2.41. The van der Waals surface area contributed by atoms with E-state index in [1.807, 2.05) is 0 Å². The summed E-state index contributed by atoms with van der Waals surface area (Å²) in [6.45, 7) is 5.48. The molecule has 2 atom stereocenters. The average Bonchev–Trinajstić information content (AvgIpc) is 2.70. The third-order valence-corrected chi connectivity index (χ3v) is 6.21. The summed E-state index contributed by atoms with van der Waals surface area (Å²) in [5.74, 6) is 1.21. The van der Waals surface area contributed by atoms with Gasteiger partial charge in [0.25, 0.3) is 0 Å². The van der Waals surface area contributed by atoms with Gasteiger partial charge in [-0.1, -0.05) is 31.2 Å². The maximum absolute atomic E-state index is 6.16. The number of hydrogen-bond acceptors (Lipinski definition) is 3. The Morgan fingerprint density at radius 2 is 1.89 bits per heavy atom. The molecule has 1 fully saturated rings. The van der Waals surface area contributed by atoms with E-state index in [-0.39, 0.29) is 5.54 Å². The van der Waals surface area contributed by atoms with Crippen LogP contribution in [-0.4, -0.2) is 41.1 Å². The fraction of sp³-hybridized carbons (Fsp3) is 0.625. The second-order valence-corrected chi connectivity index (χ2v) is 7.44. The molecule has 2 aliphatic heterocycles. The largest absolute Gasteiger partial charge is 0.329 e. The van der Waals surface area contributed by atoms with Crippen molar-refractivity contribution in [3.05, 3.63) is 35.4 Å². The van der Waals surface area contributed by atoms with Gasteiger partial charge in [0.15, 0.2) is 0 Å². The Morgan fingerprint density at radius 1 is 1.26 bits per heavy atom. The van der Waals surface area contributed by atoms with Gasteiger partial charge >= 0.3 is 0 Å². The van der Waals surface area contributed by atoms with Crippen LogP contribution in [0.1, 0.15) is 24.5 Å². The van der Waals surface area contributed by atoms with Crippen LogP contribution in [0.15, 0.2) is 24.3 Å². The minimum atomic E-state index is 0.256. The number of rotatable bonds is 2. The highest BCUT2D eigenvalue weighted by molar-refractivity contribution is 8.00. The van der Waals surface area contributed by atoms with Crippen LogP contribution in [-0.2, 0) is 12.8 Å². The molecule has 0 aromatic heterocycles. The van der Waals surface area contributed by atoms with Gasteiger partial charge < -0.3 is 5.73 Å². The zero-order valence-electron chi connectivity index (χ0n) is 11.8. The molecule has 3 heteroatoms. The summed E-state index contributed by atoms with van der Waals surface area (Å²) in [7, 11) is 0. The highest BCUT2D eigenvalue weighted by atomic mass is 32.2. The van der Waals surface area contributed by atoms with Crippen LogP contribution in [0.25, 0.3) is 0 Å². The lowest BCUT2D eigenvalue weighted by molar-refractivity contribution is 0.118. The topological polar surface area (TPSA) is 29.3 Å². The Kier molecular flexibility index (Phi) is 3.88. The zero-order chi connectivity index (χ0) is 13.3. The van der Waals surface area contributed by atoms with Crippen LogP contribution < -0.4 is 5.73 Å². The minimum absolute atomic E-state index is 0.256. The molecule has 0 amide bonds. The van der Waals surface area contributed by atoms with Gasteiger partial charge in [0.2, 0.25) is 0 Å². The van der Waals surface area contributed by atoms with E-state index in [2.05, 4.69) is 47.9 Å². The van der Waals surface area contributed by atoms with Crippen LogP contribution >= 0.6 is 11.8 Å². The van der Waals surface area contributed by atoms with E-state index < -0.39 is 0 Å². The van der Waals surface area contributed by atoms with E-state index in [4.69, 9.17) is 5.73 Å². The molecular weight excluding hydrogens is 252 g/mol. The molecule has 2 aliphatic rings. The summed E-state index contributed by atoms with van der Waals surface area (Å²) < 4.78 is 0. The van der Waals surface area contributed by atoms with Crippen LogP contribution in [0.4, 0.5) is 0 Å². The van der Waals surface area contributed by atoms with Crippen molar-refractivity contribution in [2.75, 3.05) is 25.4 Å². The maximum atomic E-state index is 6.16. The standard InChI is InChI=1S/C16H24N2S/c1-13-10-16(11-17,12-19-13)18-8-6-14-4-2-3-5-15(14)7-9-18/h2-5,13H,6-12,17H2,1H3. The second-order valence-electron chi connectivity index (χ2n) is 6.01. The molecular formula is C16H24N2S. The summed E-state index contributed by atoms with van der Waals surface area (Å²) in [6.07, 6.45) is 3.61. The molecule has 2 heterocycles. The van der Waals surface area contributed by atoms with Gasteiger partial charge in [-0.2, -0.15) is 11.8 Å². The number of nitrogens with zero attached hydrogens (tertiary/aromatic N) is 1. The number of nitrogens with two attached hydrogens (primary N) is 1. The first-order chi connectivity index (χ1) is 9.23. The van der Waals surface area contributed by atoms with Crippen LogP contribution in [0, 0.1) is 0 Å². The first kappa shape index (κ1) is 13.5. The molecule has 1 aromatic rings. The molecule has 0 spiro atoms. The van der Waals surface area contributed by atoms with Crippen LogP contribution in [0.3, 0.4) is 0 Å². The maximum Gasteiger partial charge on any atom is 0.0432 e. The van der Waals surface area contributed by atoms with Gasteiger partial charge in [-0.15, -0.1) is 0 Å². The first-order valence-electron chi connectivity index (χ1n) is 7.37. The lowest BCUT2D eigenvalue weighted by atomic mass is 9.93. The molecule has 0 saturated carbocycles. The molecule has 3 rings (SSSR count). The van der Waals surface area contributed by atoms with Crippen LogP contribution in [0.5, 0.6) is 0 Å². The smallest absolute Gasteiger partial charge is 0.0432 e. The van der Waals surface area contributed by atoms with E-state index in [0.717, 1.165) is 11.8 Å². The molecule has 2 N–H and O–H groups in total. The highest BCUT2D eigenvalue weighted by Crippen LogP contribution is 2.38. The molecule has 19 heavy (non-hydrogen) atoms. The number of thioether (sulfide) groups is 1. The molecule has 0 bridgehead atoms. The summed E-state index contributed by atoms with van der Waals surface area (Å²) in [5, 5.41) is 0.758. The summed E-state index contributed by atoms with van der Waals surface area (Å²) in [6, 6.07) is 8.92. The third-order valence-electron chi connectivity index (χ3n) is 4.78. The monoisotopic (exact) mass is 276 g/mol. The Balaban J connectivity index is 1.78. The predicted molar refractivity (Wildman–Crippen MR) is 83.7 cm³/mol. The molecule has 1 saturated heterocycles. The van der Waals surface area contributed by atoms with Gasteiger partial charge in [0, 0.05) is 36.2 Å². The van der Waals surface area contributed by atoms with Gasteiger partial charge in [0.1, 0.15) is 0 Å². The molecule has 0 aliphatic carbocycles. The summed E-state index contributed by atoms with van der Waals surface area (Å²) in [4.78, 5) is 2.68. The fourth-order valence-corrected chi connectivity index (χ4v) is 5.03. The fourth-order valence-electron chi connectivity index (χ4n) is 3.58. The van der Waals surface area contributed by atoms with Crippen LogP contribution in [0.2, 0.25) is 0 Å². The Bertz CT molecular complexity index is 421. The van der Waals surface area contributed by atoms with E-state index in [1.165, 1.54) is 49.2 Å².